The predicted octanol–water partition coefficient (Wildman–Crippen LogP) is 2.22. The Kier molecular flexibility index (Phi) is 5.12. The van der Waals surface area contributed by atoms with Crippen molar-refractivity contribution < 1.29 is 9.59 Å². The second kappa shape index (κ2) is 6.67. The van der Waals surface area contributed by atoms with Crippen molar-refractivity contribution in [3.63, 3.8) is 0 Å². The van der Waals surface area contributed by atoms with Crippen LogP contribution in [0.3, 0.4) is 0 Å². The topological polar surface area (TPSA) is 52.7 Å². The lowest BCUT2D eigenvalue weighted by molar-refractivity contribution is -0.139. The summed E-state index contributed by atoms with van der Waals surface area (Å²) in [5.41, 5.74) is -0.346. The number of nitrogens with zero attached hydrogens (tertiary/aromatic N) is 2. The summed E-state index contributed by atoms with van der Waals surface area (Å²) >= 11 is 0. The van der Waals surface area contributed by atoms with E-state index < -0.39 is 0 Å². The van der Waals surface area contributed by atoms with Gasteiger partial charge in [-0.3, -0.25) is 4.79 Å². The van der Waals surface area contributed by atoms with E-state index in [1.54, 1.807) is 0 Å². The van der Waals surface area contributed by atoms with Crippen molar-refractivity contribution in [1.29, 1.82) is 0 Å². The Morgan fingerprint density at radius 1 is 0.905 bits per heavy atom. The van der Waals surface area contributed by atoms with E-state index in [0.717, 1.165) is 32.4 Å². The number of amides is 3. The maximum absolute atomic E-state index is 12.3. The van der Waals surface area contributed by atoms with Crippen LogP contribution in [0.5, 0.6) is 0 Å². The molecule has 2 aliphatic rings. The highest BCUT2D eigenvalue weighted by Crippen LogP contribution is 2.20. The molecule has 1 aliphatic carbocycles. The van der Waals surface area contributed by atoms with Crippen LogP contribution >= 0.6 is 0 Å². The number of hydrogen-bond acceptors (Lipinski definition) is 2. The number of rotatable bonds is 1. The molecule has 0 radical (unpaired) electrons. The second-order valence-corrected chi connectivity index (χ2v) is 7.31. The summed E-state index contributed by atoms with van der Waals surface area (Å²) in [4.78, 5) is 28.4. The Balaban J connectivity index is 1.85. The summed E-state index contributed by atoms with van der Waals surface area (Å²) < 4.78 is 0. The molecule has 0 spiro atoms. The number of hydrogen-bond donors (Lipinski definition) is 1. The zero-order chi connectivity index (χ0) is 15.5. The van der Waals surface area contributed by atoms with Gasteiger partial charge >= 0.3 is 6.03 Å². The first-order chi connectivity index (χ1) is 9.88. The SMILES string of the molecule is CC(C)(C)C(=O)N1CCCN(C(=O)NC2CCCC2)CC1. The summed E-state index contributed by atoms with van der Waals surface area (Å²) in [7, 11) is 0. The highest BCUT2D eigenvalue weighted by atomic mass is 16.2. The highest BCUT2D eigenvalue weighted by Gasteiger charge is 2.30. The van der Waals surface area contributed by atoms with Gasteiger partial charge in [0.15, 0.2) is 0 Å². The third-order valence-electron chi connectivity index (χ3n) is 4.39. The molecule has 120 valence electrons. The fraction of sp³-hybridized carbons (Fsp3) is 0.875. The van der Waals surface area contributed by atoms with Crippen LogP contribution < -0.4 is 5.32 Å². The van der Waals surface area contributed by atoms with Gasteiger partial charge in [-0.2, -0.15) is 0 Å². The molecule has 1 saturated carbocycles. The predicted molar refractivity (Wildman–Crippen MR) is 83.0 cm³/mol. The van der Waals surface area contributed by atoms with Crippen LogP contribution in [0, 0.1) is 5.41 Å². The molecule has 1 aliphatic heterocycles. The van der Waals surface area contributed by atoms with Crippen LogP contribution in [0.25, 0.3) is 0 Å². The summed E-state index contributed by atoms with van der Waals surface area (Å²) in [5.74, 6) is 0.181. The van der Waals surface area contributed by atoms with Gasteiger partial charge < -0.3 is 15.1 Å². The molecule has 0 unspecified atom stereocenters. The van der Waals surface area contributed by atoms with Gasteiger partial charge in [-0.15, -0.1) is 0 Å². The van der Waals surface area contributed by atoms with Crippen LogP contribution in [0.1, 0.15) is 52.9 Å². The van der Waals surface area contributed by atoms with E-state index in [1.807, 2.05) is 30.6 Å². The first kappa shape index (κ1) is 16.1. The fourth-order valence-electron chi connectivity index (χ4n) is 3.13. The molecule has 5 heteroatoms. The maximum Gasteiger partial charge on any atom is 0.317 e. The van der Waals surface area contributed by atoms with Crippen molar-refractivity contribution in [2.45, 2.75) is 58.9 Å². The van der Waals surface area contributed by atoms with E-state index in [2.05, 4.69) is 5.32 Å². The van der Waals surface area contributed by atoms with Crippen molar-refractivity contribution in [3.8, 4) is 0 Å². The van der Waals surface area contributed by atoms with Crippen LogP contribution in [-0.2, 0) is 4.79 Å². The molecule has 0 bridgehead atoms. The first-order valence-electron chi connectivity index (χ1n) is 8.23. The molecule has 1 N–H and O–H groups in total. The van der Waals surface area contributed by atoms with Crippen molar-refractivity contribution >= 4 is 11.9 Å². The largest absolute Gasteiger partial charge is 0.340 e. The molecular weight excluding hydrogens is 266 g/mol. The standard InChI is InChI=1S/C16H29N3O2/c1-16(2,3)14(20)18-9-6-10-19(12-11-18)15(21)17-13-7-4-5-8-13/h13H,4-12H2,1-3H3,(H,17,21). The Bertz CT molecular complexity index is 383. The zero-order valence-electron chi connectivity index (χ0n) is 13.7. The smallest absolute Gasteiger partial charge is 0.317 e. The third-order valence-corrected chi connectivity index (χ3v) is 4.39. The van der Waals surface area contributed by atoms with Crippen LogP contribution in [0.2, 0.25) is 0 Å². The molecule has 0 aromatic carbocycles. The van der Waals surface area contributed by atoms with E-state index in [1.165, 1.54) is 12.8 Å². The summed E-state index contributed by atoms with van der Waals surface area (Å²) in [5, 5.41) is 3.13. The van der Waals surface area contributed by atoms with E-state index >= 15 is 0 Å². The summed E-state index contributed by atoms with van der Waals surface area (Å²) in [6.07, 6.45) is 5.51. The number of nitrogens with one attached hydrogen (secondary N) is 1. The molecule has 2 fully saturated rings. The lowest BCUT2D eigenvalue weighted by Crippen LogP contribution is -2.46. The molecule has 2 rings (SSSR count). The normalized spacial score (nSPS) is 21.3. The zero-order valence-corrected chi connectivity index (χ0v) is 13.7. The molecule has 0 aromatic heterocycles. The highest BCUT2D eigenvalue weighted by molar-refractivity contribution is 5.81. The second-order valence-electron chi connectivity index (χ2n) is 7.31. The Morgan fingerprint density at radius 3 is 2.10 bits per heavy atom. The molecule has 21 heavy (non-hydrogen) atoms. The van der Waals surface area contributed by atoms with Gasteiger partial charge in [-0.25, -0.2) is 4.79 Å². The van der Waals surface area contributed by atoms with E-state index in [0.29, 0.717) is 19.1 Å². The number of carbonyl (C=O) groups is 2. The van der Waals surface area contributed by atoms with Gasteiger partial charge in [0.2, 0.25) is 5.91 Å². The molecule has 1 saturated heterocycles. The molecule has 0 aromatic rings. The molecular formula is C16H29N3O2. The molecule has 1 heterocycles. The first-order valence-corrected chi connectivity index (χ1v) is 8.23. The Hall–Kier alpha value is -1.26. The number of carbonyl (C=O) groups excluding carboxylic acids is 2. The lowest BCUT2D eigenvalue weighted by Gasteiger charge is -2.28. The quantitative estimate of drug-likeness (QED) is 0.806. The monoisotopic (exact) mass is 295 g/mol. The van der Waals surface area contributed by atoms with Crippen LogP contribution in [0.4, 0.5) is 4.79 Å². The maximum atomic E-state index is 12.3. The number of urea groups is 1. The molecule has 0 atom stereocenters. The van der Waals surface area contributed by atoms with Gasteiger partial charge in [-0.05, 0) is 19.3 Å². The van der Waals surface area contributed by atoms with Gasteiger partial charge in [0.25, 0.3) is 0 Å². The minimum atomic E-state index is -0.346. The summed E-state index contributed by atoms with van der Waals surface area (Å²) in [6.45, 7) is 8.63. The fourth-order valence-corrected chi connectivity index (χ4v) is 3.13. The van der Waals surface area contributed by atoms with Gasteiger partial charge in [0.1, 0.15) is 0 Å². The van der Waals surface area contributed by atoms with Gasteiger partial charge in [0.05, 0.1) is 0 Å². The lowest BCUT2D eigenvalue weighted by atomic mass is 9.94. The minimum absolute atomic E-state index is 0.0481. The van der Waals surface area contributed by atoms with Crippen molar-refractivity contribution in [2.75, 3.05) is 26.2 Å². The van der Waals surface area contributed by atoms with E-state index in [9.17, 15) is 9.59 Å². The third kappa shape index (κ3) is 4.35. The average molecular weight is 295 g/mol. The summed E-state index contributed by atoms with van der Waals surface area (Å²) in [6, 6.07) is 0.403. The molecule has 3 amide bonds. The van der Waals surface area contributed by atoms with Crippen LogP contribution in [-0.4, -0.2) is 54.0 Å². The van der Waals surface area contributed by atoms with Crippen molar-refractivity contribution in [3.05, 3.63) is 0 Å². The minimum Gasteiger partial charge on any atom is -0.340 e. The Labute approximate surface area is 128 Å². The van der Waals surface area contributed by atoms with Crippen molar-refractivity contribution in [2.24, 2.45) is 5.41 Å². The Morgan fingerprint density at radius 2 is 1.48 bits per heavy atom. The van der Waals surface area contributed by atoms with Crippen molar-refractivity contribution in [1.82, 2.24) is 15.1 Å². The van der Waals surface area contributed by atoms with E-state index in [4.69, 9.17) is 0 Å². The van der Waals surface area contributed by atoms with E-state index in [-0.39, 0.29) is 17.4 Å². The van der Waals surface area contributed by atoms with Gasteiger partial charge in [0, 0.05) is 37.6 Å². The van der Waals surface area contributed by atoms with Crippen LogP contribution in [0.15, 0.2) is 0 Å². The van der Waals surface area contributed by atoms with Gasteiger partial charge in [-0.1, -0.05) is 33.6 Å². The average Bonchev–Trinajstić information content (AvgIpc) is 2.78. The molecule has 5 nitrogen and oxygen atoms in total.